The molecule has 0 heterocycles. The molecular weight excluding hydrogens is 519 g/mol. The molecule has 3 rings (SSSR count). The maximum atomic E-state index is 12.3. The Bertz CT molecular complexity index is 959. The molecule has 2 aromatic carbocycles. The number of carbonyl (C=O) groups excluding carboxylic acids is 2. The van der Waals surface area contributed by atoms with Crippen LogP contribution in [0.1, 0.15) is 65.6 Å². The van der Waals surface area contributed by atoms with Crippen LogP contribution < -0.4 is 0 Å². The highest BCUT2D eigenvalue weighted by molar-refractivity contribution is 14.1. The molecule has 0 N–H and O–H groups in total. The van der Waals surface area contributed by atoms with Gasteiger partial charge < -0.3 is 14.2 Å². The molecule has 5 nitrogen and oxygen atoms in total. The van der Waals surface area contributed by atoms with Gasteiger partial charge in [0, 0.05) is 16.8 Å². The Morgan fingerprint density at radius 1 is 1.06 bits per heavy atom. The summed E-state index contributed by atoms with van der Waals surface area (Å²) in [5.41, 5.74) is 3.86. The molecule has 0 bridgehead atoms. The van der Waals surface area contributed by atoms with E-state index in [2.05, 4.69) is 28.7 Å². The SMILES string of the molecule is COC(C)OC(=O)c1ccc(C2CCC(OC(=O)/C=C/c3ccc(I)cc3C)CC2)cc1. The van der Waals surface area contributed by atoms with Crippen LogP contribution in [0.3, 0.4) is 0 Å². The largest absolute Gasteiger partial charge is 0.459 e. The zero-order valence-electron chi connectivity index (χ0n) is 18.7. The van der Waals surface area contributed by atoms with E-state index in [0.29, 0.717) is 11.5 Å². The molecule has 170 valence electrons. The van der Waals surface area contributed by atoms with Gasteiger partial charge in [-0.2, -0.15) is 0 Å². The summed E-state index contributed by atoms with van der Waals surface area (Å²) < 4.78 is 17.0. The second-order valence-corrected chi connectivity index (χ2v) is 9.32. The fourth-order valence-corrected chi connectivity index (χ4v) is 4.51. The highest BCUT2D eigenvalue weighted by atomic mass is 127. The Hall–Kier alpha value is -2.19. The second kappa shape index (κ2) is 11.6. The number of benzene rings is 2. The molecule has 0 saturated heterocycles. The third-order valence-corrected chi connectivity index (χ3v) is 6.48. The molecule has 0 radical (unpaired) electrons. The normalized spacial score (nSPS) is 19.5. The molecule has 0 aromatic heterocycles. The van der Waals surface area contributed by atoms with Crippen molar-refractivity contribution < 1.29 is 23.8 Å². The van der Waals surface area contributed by atoms with E-state index in [1.807, 2.05) is 37.3 Å². The molecular formula is C26H29IO5. The van der Waals surface area contributed by atoms with E-state index in [4.69, 9.17) is 14.2 Å². The monoisotopic (exact) mass is 548 g/mol. The van der Waals surface area contributed by atoms with Crippen molar-refractivity contribution in [3.63, 3.8) is 0 Å². The predicted molar refractivity (Wildman–Crippen MR) is 132 cm³/mol. The number of rotatable bonds is 7. The van der Waals surface area contributed by atoms with E-state index < -0.39 is 12.3 Å². The molecule has 6 heteroatoms. The molecule has 1 fully saturated rings. The zero-order valence-corrected chi connectivity index (χ0v) is 20.8. The Morgan fingerprint density at radius 2 is 1.75 bits per heavy atom. The molecule has 0 amide bonds. The summed E-state index contributed by atoms with van der Waals surface area (Å²) in [6, 6.07) is 13.7. The van der Waals surface area contributed by atoms with Crippen LogP contribution in [-0.4, -0.2) is 31.4 Å². The van der Waals surface area contributed by atoms with Gasteiger partial charge in [-0.05, 0) is 115 Å². The smallest absolute Gasteiger partial charge is 0.340 e. The number of hydrogen-bond acceptors (Lipinski definition) is 5. The molecule has 1 saturated carbocycles. The molecule has 1 aliphatic rings. The van der Waals surface area contributed by atoms with Crippen LogP contribution in [-0.2, 0) is 19.0 Å². The topological polar surface area (TPSA) is 61.8 Å². The number of carbonyl (C=O) groups is 2. The molecule has 1 unspecified atom stereocenters. The third kappa shape index (κ3) is 6.90. The maximum Gasteiger partial charge on any atom is 0.340 e. The number of esters is 2. The van der Waals surface area contributed by atoms with Gasteiger partial charge >= 0.3 is 11.9 Å². The van der Waals surface area contributed by atoms with E-state index in [-0.39, 0.29) is 12.1 Å². The highest BCUT2D eigenvalue weighted by Crippen LogP contribution is 2.34. The van der Waals surface area contributed by atoms with E-state index in [1.54, 1.807) is 19.1 Å². The van der Waals surface area contributed by atoms with Gasteiger partial charge in [0.1, 0.15) is 6.10 Å². The van der Waals surface area contributed by atoms with Crippen LogP contribution >= 0.6 is 22.6 Å². The van der Waals surface area contributed by atoms with Gasteiger partial charge in [0.05, 0.1) is 5.56 Å². The average Bonchev–Trinajstić information content (AvgIpc) is 2.79. The highest BCUT2D eigenvalue weighted by Gasteiger charge is 2.24. The van der Waals surface area contributed by atoms with Crippen molar-refractivity contribution in [1.82, 2.24) is 0 Å². The van der Waals surface area contributed by atoms with Gasteiger partial charge in [0.25, 0.3) is 0 Å². The Kier molecular flexibility index (Phi) is 8.87. The third-order valence-electron chi connectivity index (χ3n) is 5.81. The number of aryl methyl sites for hydroxylation is 1. The van der Waals surface area contributed by atoms with Crippen LogP contribution in [0.25, 0.3) is 6.08 Å². The van der Waals surface area contributed by atoms with Crippen LogP contribution in [0.4, 0.5) is 0 Å². The Balaban J connectivity index is 1.48. The first-order valence-electron chi connectivity index (χ1n) is 10.8. The Morgan fingerprint density at radius 3 is 2.38 bits per heavy atom. The minimum Gasteiger partial charge on any atom is -0.459 e. The summed E-state index contributed by atoms with van der Waals surface area (Å²) in [4.78, 5) is 24.3. The average molecular weight is 548 g/mol. The molecule has 1 atom stereocenters. The Labute approximate surface area is 203 Å². The first-order valence-corrected chi connectivity index (χ1v) is 11.9. The number of ether oxygens (including phenoxy) is 3. The summed E-state index contributed by atoms with van der Waals surface area (Å²) in [5.74, 6) is -0.285. The van der Waals surface area contributed by atoms with Crippen molar-refractivity contribution in [3.8, 4) is 0 Å². The zero-order chi connectivity index (χ0) is 23.1. The van der Waals surface area contributed by atoms with Crippen LogP contribution in [0, 0.1) is 10.5 Å². The second-order valence-electron chi connectivity index (χ2n) is 8.08. The minimum atomic E-state index is -0.574. The summed E-state index contributed by atoms with van der Waals surface area (Å²) in [5, 5.41) is 0. The lowest BCUT2D eigenvalue weighted by atomic mass is 9.82. The summed E-state index contributed by atoms with van der Waals surface area (Å²) in [6.07, 6.45) is 6.28. The summed E-state index contributed by atoms with van der Waals surface area (Å²) in [7, 11) is 1.50. The van der Waals surface area contributed by atoms with E-state index >= 15 is 0 Å². The van der Waals surface area contributed by atoms with E-state index in [0.717, 1.165) is 36.8 Å². The lowest BCUT2D eigenvalue weighted by Gasteiger charge is -2.28. The van der Waals surface area contributed by atoms with Crippen LogP contribution in [0.15, 0.2) is 48.5 Å². The lowest BCUT2D eigenvalue weighted by molar-refractivity contribution is -0.144. The lowest BCUT2D eigenvalue weighted by Crippen LogP contribution is -2.23. The fraction of sp³-hybridized carbons (Fsp3) is 0.385. The van der Waals surface area contributed by atoms with Gasteiger partial charge in [0.15, 0.2) is 6.29 Å². The maximum absolute atomic E-state index is 12.3. The van der Waals surface area contributed by atoms with E-state index in [1.165, 1.54) is 22.3 Å². The molecule has 0 spiro atoms. The standard InChI is InChI=1S/C26H29IO5/c1-17-16-23(27)12-8-19(17)11-15-25(28)32-24-13-9-21(10-14-24)20-4-6-22(7-5-20)26(29)31-18(2)30-3/h4-8,11-12,15-16,18,21,24H,9-10,13-14H2,1-3H3/b15-11+. The first-order chi connectivity index (χ1) is 15.4. The van der Waals surface area contributed by atoms with Crippen LogP contribution in [0.2, 0.25) is 0 Å². The van der Waals surface area contributed by atoms with Crippen molar-refractivity contribution in [2.75, 3.05) is 7.11 Å². The van der Waals surface area contributed by atoms with Crippen LogP contribution in [0.5, 0.6) is 0 Å². The fourth-order valence-electron chi connectivity index (χ4n) is 3.86. The van der Waals surface area contributed by atoms with Gasteiger partial charge in [-0.15, -0.1) is 0 Å². The van der Waals surface area contributed by atoms with Crippen molar-refractivity contribution >= 4 is 40.6 Å². The molecule has 0 aliphatic heterocycles. The van der Waals surface area contributed by atoms with Gasteiger partial charge in [0.2, 0.25) is 0 Å². The van der Waals surface area contributed by atoms with Crippen molar-refractivity contribution in [3.05, 3.63) is 74.4 Å². The van der Waals surface area contributed by atoms with E-state index in [9.17, 15) is 9.59 Å². The number of methoxy groups -OCH3 is 1. The molecule has 2 aromatic rings. The predicted octanol–water partition coefficient (Wildman–Crippen LogP) is 6.03. The summed E-state index contributed by atoms with van der Waals surface area (Å²) >= 11 is 2.28. The van der Waals surface area contributed by atoms with Gasteiger partial charge in [-0.25, -0.2) is 9.59 Å². The number of halogens is 1. The van der Waals surface area contributed by atoms with Gasteiger partial charge in [-0.3, -0.25) is 0 Å². The summed E-state index contributed by atoms with van der Waals surface area (Å²) in [6.45, 7) is 3.71. The molecule has 1 aliphatic carbocycles. The van der Waals surface area contributed by atoms with Crippen molar-refractivity contribution in [2.45, 2.75) is 57.8 Å². The van der Waals surface area contributed by atoms with Crippen molar-refractivity contribution in [1.29, 1.82) is 0 Å². The van der Waals surface area contributed by atoms with Gasteiger partial charge in [-0.1, -0.05) is 18.2 Å². The number of hydrogen-bond donors (Lipinski definition) is 0. The minimum absolute atomic E-state index is 0.0500. The van der Waals surface area contributed by atoms with Crippen molar-refractivity contribution in [2.24, 2.45) is 0 Å². The first kappa shape index (κ1) is 24.5. The molecule has 32 heavy (non-hydrogen) atoms. The quantitative estimate of drug-likeness (QED) is 0.183.